The van der Waals surface area contributed by atoms with Gasteiger partial charge < -0.3 is 0 Å². The van der Waals surface area contributed by atoms with Gasteiger partial charge >= 0.3 is 0 Å². The highest BCUT2D eigenvalue weighted by Gasteiger charge is 2.21. The SMILES string of the molecule is c1ccc(-c2ccc(-c3cc(-c4ccc(-c5ccccn5)cc4)c4cc(-c5ccc(-c6ccccc6)cc5)c5ccccc5c4n3)cc2)cc1.c1ccc(-c2ccc(-c3cc(-c4ccc(-c5nc6ccccc6c6ccccc56)cc4)c4cc(-c5ccc(-c6ccccc6)cc5)c5ccccc5c4n3)cc2)cc1. The molecule has 0 aliphatic heterocycles. The number of hydrogen-bond donors (Lipinski definition) is 0. The molecule has 4 heterocycles. The van der Waals surface area contributed by atoms with Crippen LogP contribution >= 0.6 is 0 Å². The van der Waals surface area contributed by atoms with Gasteiger partial charge in [0.15, 0.2) is 0 Å². The molecule has 0 fully saturated rings. The van der Waals surface area contributed by atoms with Crippen LogP contribution in [-0.2, 0) is 0 Å². The molecule has 0 bridgehead atoms. The molecule has 0 radical (unpaired) electrons. The van der Waals surface area contributed by atoms with Gasteiger partial charge in [0.25, 0.3) is 0 Å². The maximum atomic E-state index is 5.47. The summed E-state index contributed by atoms with van der Waals surface area (Å²) >= 11 is 0. The van der Waals surface area contributed by atoms with Gasteiger partial charge in [-0.15, -0.1) is 0 Å². The fraction of sp³-hybridized carbons (Fsp3) is 0. The Hall–Kier alpha value is -14.3. The first-order valence-electron chi connectivity index (χ1n) is 36.8. The molecular formula is C104H68N4. The zero-order valence-corrected chi connectivity index (χ0v) is 59.0. The quantitative estimate of drug-likeness (QED) is 0.114. The Labute approximate surface area is 627 Å². The predicted octanol–water partition coefficient (Wildman–Crippen LogP) is 27.9. The van der Waals surface area contributed by atoms with Crippen molar-refractivity contribution in [3.8, 4) is 134 Å². The van der Waals surface area contributed by atoms with Crippen molar-refractivity contribution in [3.05, 3.63) is 413 Å². The minimum Gasteiger partial charge on any atom is -0.256 e. The third-order valence-corrected chi connectivity index (χ3v) is 21.1. The number of benzene rings is 16. The Morgan fingerprint density at radius 2 is 0.426 bits per heavy atom. The second-order valence-corrected chi connectivity index (χ2v) is 27.5. The molecule has 4 aromatic heterocycles. The molecule has 504 valence electrons. The van der Waals surface area contributed by atoms with E-state index in [2.05, 4.69) is 399 Å². The summed E-state index contributed by atoms with van der Waals surface area (Å²) in [6.45, 7) is 0. The predicted molar refractivity (Wildman–Crippen MR) is 454 cm³/mol. The zero-order chi connectivity index (χ0) is 71.7. The van der Waals surface area contributed by atoms with E-state index in [1.165, 1.54) is 88.3 Å². The first kappa shape index (κ1) is 64.5. The first-order chi connectivity index (χ1) is 53.5. The van der Waals surface area contributed by atoms with Crippen LogP contribution in [0.4, 0.5) is 0 Å². The van der Waals surface area contributed by atoms with Gasteiger partial charge in [0.1, 0.15) is 0 Å². The van der Waals surface area contributed by atoms with Crippen LogP contribution in [0.15, 0.2) is 413 Å². The molecular weight excluding hydrogens is 1310 g/mol. The number of nitrogens with zero attached hydrogens (tertiary/aromatic N) is 4. The van der Waals surface area contributed by atoms with Crippen LogP contribution in [0.1, 0.15) is 0 Å². The highest BCUT2D eigenvalue weighted by atomic mass is 14.7. The van der Waals surface area contributed by atoms with E-state index in [1.54, 1.807) is 0 Å². The molecule has 0 aliphatic carbocycles. The summed E-state index contributed by atoms with van der Waals surface area (Å²) < 4.78 is 0. The molecule has 0 saturated heterocycles. The van der Waals surface area contributed by atoms with Crippen molar-refractivity contribution >= 4 is 65.0 Å². The standard InChI is InChI=1S/C56H36N2.C48H32N2/c1-3-13-37(14-4-1)39-23-27-41(28-24-39)50-35-52-51(42-29-33-44(34-30-42)55-48-20-9-7-17-45(48)47-19-11-12-22-53(47)57-55)36-54(58-56(52)49-21-10-8-18-46(49)50)43-31-25-40(26-32-43)38-15-5-2-6-16-38;1-3-11-33(12-4-1)35-18-22-37(23-19-35)43-31-45-44(38-24-28-39(29-25-38)46-17-9-10-30-49-46)32-47(50-48(45)42-16-8-7-15-41(42)43)40-26-20-36(21-27-40)34-13-5-2-6-14-34/h1-36H;1-32H. The van der Waals surface area contributed by atoms with Crippen LogP contribution in [0, 0.1) is 0 Å². The summed E-state index contributed by atoms with van der Waals surface area (Å²) in [6, 6.07) is 145. The van der Waals surface area contributed by atoms with Gasteiger partial charge in [-0.25, -0.2) is 15.0 Å². The molecule has 4 nitrogen and oxygen atoms in total. The van der Waals surface area contributed by atoms with E-state index in [0.29, 0.717) is 0 Å². The number of rotatable bonds is 12. The molecule has 0 amide bonds. The number of hydrogen-bond acceptors (Lipinski definition) is 4. The van der Waals surface area contributed by atoms with Crippen LogP contribution in [0.2, 0.25) is 0 Å². The summed E-state index contributed by atoms with van der Waals surface area (Å²) in [4.78, 5) is 20.7. The molecule has 20 rings (SSSR count). The highest BCUT2D eigenvalue weighted by Crippen LogP contribution is 2.45. The van der Waals surface area contributed by atoms with Gasteiger partial charge in [0, 0.05) is 60.8 Å². The maximum absolute atomic E-state index is 5.47. The third-order valence-electron chi connectivity index (χ3n) is 21.1. The van der Waals surface area contributed by atoms with Crippen molar-refractivity contribution in [2.24, 2.45) is 0 Å². The van der Waals surface area contributed by atoms with Gasteiger partial charge in [-0.2, -0.15) is 0 Å². The van der Waals surface area contributed by atoms with E-state index in [9.17, 15) is 0 Å². The minimum atomic E-state index is 0.943. The van der Waals surface area contributed by atoms with E-state index >= 15 is 0 Å². The molecule has 16 aromatic carbocycles. The minimum absolute atomic E-state index is 0.943. The molecule has 108 heavy (non-hydrogen) atoms. The Morgan fingerprint density at radius 3 is 0.806 bits per heavy atom. The average Bonchev–Trinajstić information content (AvgIpc) is 0.744. The second kappa shape index (κ2) is 28.4. The van der Waals surface area contributed by atoms with Crippen molar-refractivity contribution < 1.29 is 0 Å². The summed E-state index contributed by atoms with van der Waals surface area (Å²) in [7, 11) is 0. The Morgan fingerprint density at radius 1 is 0.148 bits per heavy atom. The van der Waals surface area contributed by atoms with Crippen molar-refractivity contribution in [1.82, 2.24) is 19.9 Å². The van der Waals surface area contributed by atoms with Gasteiger partial charge in [-0.1, -0.05) is 364 Å². The molecule has 20 aromatic rings. The Kier molecular flexibility index (Phi) is 17.0. The molecule has 0 N–H and O–H groups in total. The average molecular weight is 1370 g/mol. The number of para-hydroxylation sites is 1. The van der Waals surface area contributed by atoms with Crippen molar-refractivity contribution in [2.75, 3.05) is 0 Å². The Bertz CT molecular complexity index is 6670. The molecule has 0 atom stereocenters. The lowest BCUT2D eigenvalue weighted by atomic mass is 9.90. The van der Waals surface area contributed by atoms with Crippen LogP contribution < -0.4 is 0 Å². The van der Waals surface area contributed by atoms with Crippen LogP contribution in [0.25, 0.3) is 199 Å². The molecule has 0 aliphatic rings. The van der Waals surface area contributed by atoms with E-state index in [4.69, 9.17) is 15.0 Å². The molecule has 4 heteroatoms. The monoisotopic (exact) mass is 1370 g/mol. The summed E-state index contributed by atoms with van der Waals surface area (Å²) in [5.41, 5.74) is 30.1. The van der Waals surface area contributed by atoms with Gasteiger partial charge in [0.2, 0.25) is 0 Å². The van der Waals surface area contributed by atoms with E-state index in [-0.39, 0.29) is 0 Å². The van der Waals surface area contributed by atoms with Gasteiger partial charge in [0.05, 0.1) is 39.3 Å². The first-order valence-corrected chi connectivity index (χ1v) is 36.8. The fourth-order valence-electron chi connectivity index (χ4n) is 15.5. The van der Waals surface area contributed by atoms with Gasteiger partial charge in [-0.3, -0.25) is 4.98 Å². The van der Waals surface area contributed by atoms with Crippen LogP contribution in [-0.4, -0.2) is 19.9 Å². The molecule has 0 saturated carbocycles. The lowest BCUT2D eigenvalue weighted by Gasteiger charge is -2.16. The van der Waals surface area contributed by atoms with Crippen molar-refractivity contribution in [2.45, 2.75) is 0 Å². The fourth-order valence-corrected chi connectivity index (χ4v) is 15.5. The van der Waals surface area contributed by atoms with E-state index in [0.717, 1.165) is 111 Å². The van der Waals surface area contributed by atoms with E-state index < -0.39 is 0 Å². The van der Waals surface area contributed by atoms with Crippen LogP contribution in [0.5, 0.6) is 0 Å². The Balaban J connectivity index is 0.000000149. The zero-order valence-electron chi connectivity index (χ0n) is 59.0. The lowest BCUT2D eigenvalue weighted by Crippen LogP contribution is -1.94. The van der Waals surface area contributed by atoms with Gasteiger partial charge in [-0.05, 0) is 148 Å². The topological polar surface area (TPSA) is 51.6 Å². The van der Waals surface area contributed by atoms with Crippen molar-refractivity contribution in [3.63, 3.8) is 0 Å². The largest absolute Gasteiger partial charge is 0.256 e. The number of aromatic nitrogens is 4. The molecule has 0 spiro atoms. The number of pyridine rings is 4. The normalized spacial score (nSPS) is 11.3. The smallest absolute Gasteiger partial charge is 0.0794 e. The summed E-state index contributed by atoms with van der Waals surface area (Å²) in [6.07, 6.45) is 1.84. The number of fused-ring (bicyclic) bond motifs is 9. The summed E-state index contributed by atoms with van der Waals surface area (Å²) in [5, 5.41) is 10.4. The summed E-state index contributed by atoms with van der Waals surface area (Å²) in [5.74, 6) is 0. The second-order valence-electron chi connectivity index (χ2n) is 27.5. The van der Waals surface area contributed by atoms with Crippen LogP contribution in [0.3, 0.4) is 0 Å². The maximum Gasteiger partial charge on any atom is 0.0794 e. The molecule has 0 unspecified atom stereocenters. The van der Waals surface area contributed by atoms with Crippen molar-refractivity contribution in [1.29, 1.82) is 0 Å². The highest BCUT2D eigenvalue weighted by molar-refractivity contribution is 6.18. The van der Waals surface area contributed by atoms with E-state index in [1.807, 2.05) is 18.3 Å². The lowest BCUT2D eigenvalue weighted by molar-refractivity contribution is 1.33. The third kappa shape index (κ3) is 12.5.